The van der Waals surface area contributed by atoms with Crippen molar-refractivity contribution in [2.75, 3.05) is 5.33 Å². The molecule has 0 aliphatic heterocycles. The molecule has 1 N–H and O–H groups in total. The van der Waals surface area contributed by atoms with E-state index in [-0.39, 0.29) is 11.5 Å². The number of phenols is 1. The summed E-state index contributed by atoms with van der Waals surface area (Å²) in [7, 11) is 0. The summed E-state index contributed by atoms with van der Waals surface area (Å²) in [5.74, 6) is 0.152. The van der Waals surface area contributed by atoms with E-state index in [1.54, 1.807) is 12.1 Å². The molecular weight excluding hydrogens is 280 g/mol. The molecule has 0 unspecified atom stereocenters. The topological polar surface area (TPSA) is 37.3 Å². The number of ketones is 1. The molecule has 0 aromatic heterocycles. The van der Waals surface area contributed by atoms with E-state index >= 15 is 0 Å². The van der Waals surface area contributed by atoms with Crippen molar-refractivity contribution in [2.24, 2.45) is 0 Å². The van der Waals surface area contributed by atoms with Crippen LogP contribution in [-0.2, 0) is 0 Å². The molecule has 0 aliphatic rings. The zero-order valence-electron chi connectivity index (χ0n) is 10.4. The Morgan fingerprint density at radius 3 is 2.47 bits per heavy atom. The molecule has 0 bridgehead atoms. The Morgan fingerprint density at radius 1 is 1.18 bits per heavy atom. The van der Waals surface area contributed by atoms with E-state index < -0.39 is 0 Å². The summed E-state index contributed by atoms with van der Waals surface area (Å²) in [6.07, 6.45) is 3.54. The Morgan fingerprint density at radius 2 is 1.82 bits per heavy atom. The zero-order valence-corrected chi connectivity index (χ0v) is 12.0. The predicted molar refractivity (Wildman–Crippen MR) is 74.2 cm³/mol. The molecule has 0 amide bonds. The van der Waals surface area contributed by atoms with Crippen LogP contribution in [0.4, 0.5) is 0 Å². The average molecular weight is 299 g/mol. The number of unbranched alkanes of at least 4 members (excludes halogenated alkanes) is 2. The minimum absolute atomic E-state index is 0.0418. The summed E-state index contributed by atoms with van der Waals surface area (Å²) in [5, 5.41) is 10.7. The minimum atomic E-state index is 0.0418. The van der Waals surface area contributed by atoms with Crippen LogP contribution >= 0.6 is 15.9 Å². The van der Waals surface area contributed by atoms with Gasteiger partial charge in [-0.25, -0.2) is 0 Å². The zero-order chi connectivity index (χ0) is 12.8. The van der Waals surface area contributed by atoms with Crippen LogP contribution in [-0.4, -0.2) is 16.2 Å². The van der Waals surface area contributed by atoms with Gasteiger partial charge < -0.3 is 5.11 Å². The van der Waals surface area contributed by atoms with E-state index in [2.05, 4.69) is 15.9 Å². The lowest BCUT2D eigenvalue weighted by molar-refractivity contribution is 0.0976. The number of hydrogen-bond acceptors (Lipinski definition) is 2. The molecule has 1 aromatic rings. The van der Waals surface area contributed by atoms with Gasteiger partial charge in [-0.2, -0.15) is 0 Å². The van der Waals surface area contributed by atoms with Crippen LogP contribution in [0.2, 0.25) is 0 Å². The van der Waals surface area contributed by atoms with E-state index in [0.29, 0.717) is 12.0 Å². The van der Waals surface area contributed by atoms with Crippen molar-refractivity contribution >= 4 is 21.7 Å². The molecule has 0 atom stereocenters. The van der Waals surface area contributed by atoms with Crippen LogP contribution in [0.5, 0.6) is 5.75 Å². The van der Waals surface area contributed by atoms with Gasteiger partial charge in [0.15, 0.2) is 5.78 Å². The number of hydrogen-bond donors (Lipinski definition) is 1. The molecule has 17 heavy (non-hydrogen) atoms. The maximum Gasteiger partial charge on any atom is 0.166 e. The van der Waals surface area contributed by atoms with Crippen LogP contribution in [0, 0.1) is 13.8 Å². The summed E-state index contributed by atoms with van der Waals surface area (Å²) < 4.78 is 0. The van der Waals surface area contributed by atoms with E-state index in [9.17, 15) is 9.90 Å². The van der Waals surface area contributed by atoms with E-state index in [1.165, 1.54) is 0 Å². The van der Waals surface area contributed by atoms with Gasteiger partial charge in [-0.3, -0.25) is 4.79 Å². The van der Waals surface area contributed by atoms with Crippen molar-refractivity contribution in [3.8, 4) is 5.75 Å². The first kappa shape index (κ1) is 14.2. The number of rotatable bonds is 6. The van der Waals surface area contributed by atoms with Gasteiger partial charge in [0.05, 0.1) is 5.56 Å². The maximum atomic E-state index is 11.9. The van der Waals surface area contributed by atoms with Gasteiger partial charge in [0.25, 0.3) is 0 Å². The van der Waals surface area contributed by atoms with Crippen LogP contribution < -0.4 is 0 Å². The van der Waals surface area contributed by atoms with Crippen LogP contribution in [0.25, 0.3) is 0 Å². The molecule has 0 heterocycles. The van der Waals surface area contributed by atoms with E-state index in [1.807, 2.05) is 13.8 Å². The predicted octanol–water partition coefficient (Wildman–Crippen LogP) is 4.15. The Kier molecular flexibility index (Phi) is 5.69. The lowest BCUT2D eigenvalue weighted by Gasteiger charge is -2.07. The van der Waals surface area contributed by atoms with Gasteiger partial charge in [-0.05, 0) is 49.9 Å². The van der Waals surface area contributed by atoms with Gasteiger partial charge >= 0.3 is 0 Å². The van der Waals surface area contributed by atoms with Gasteiger partial charge in [-0.15, -0.1) is 0 Å². The summed E-state index contributed by atoms with van der Waals surface area (Å²) >= 11 is 3.37. The van der Waals surface area contributed by atoms with Crippen LogP contribution in [0.15, 0.2) is 12.1 Å². The molecule has 0 fully saturated rings. The van der Waals surface area contributed by atoms with Crippen molar-refractivity contribution in [1.82, 2.24) is 0 Å². The summed E-state index contributed by atoms with van der Waals surface area (Å²) in [5.41, 5.74) is 2.52. The summed E-state index contributed by atoms with van der Waals surface area (Å²) in [4.78, 5) is 11.9. The monoisotopic (exact) mass is 298 g/mol. The molecule has 0 spiro atoms. The number of carbonyl (C=O) groups excluding carboxylic acids is 1. The lowest BCUT2D eigenvalue weighted by Crippen LogP contribution is -2.01. The molecule has 0 aliphatic carbocycles. The van der Waals surface area contributed by atoms with Crippen LogP contribution in [0.1, 0.15) is 47.2 Å². The summed E-state index contributed by atoms with van der Waals surface area (Å²) in [6, 6.07) is 3.46. The van der Waals surface area contributed by atoms with Crippen molar-refractivity contribution in [3.63, 3.8) is 0 Å². The lowest BCUT2D eigenvalue weighted by atomic mass is 9.99. The quantitative estimate of drug-likeness (QED) is 0.487. The third-order valence-corrected chi connectivity index (χ3v) is 3.51. The number of benzene rings is 1. The third-order valence-electron chi connectivity index (χ3n) is 2.95. The standard InChI is InChI=1S/C14H19BrO2/c1-10-8-12(14(17)9-11(10)2)13(16)6-4-3-5-7-15/h8-9,17H,3-7H2,1-2H3. The Labute approximate surface area is 111 Å². The first-order chi connectivity index (χ1) is 8.06. The Bertz CT molecular complexity index is 399. The molecule has 1 rings (SSSR count). The fourth-order valence-corrected chi connectivity index (χ4v) is 2.11. The number of aromatic hydroxyl groups is 1. The Balaban J connectivity index is 2.66. The van der Waals surface area contributed by atoms with Gasteiger partial charge in [-0.1, -0.05) is 22.4 Å². The van der Waals surface area contributed by atoms with Crippen molar-refractivity contribution in [1.29, 1.82) is 0 Å². The molecule has 1 aromatic carbocycles. The number of phenolic OH excluding ortho intramolecular Hbond substituents is 1. The highest BCUT2D eigenvalue weighted by atomic mass is 79.9. The van der Waals surface area contributed by atoms with Crippen LogP contribution in [0.3, 0.4) is 0 Å². The summed E-state index contributed by atoms with van der Waals surface area (Å²) in [6.45, 7) is 3.88. The number of carbonyl (C=O) groups is 1. The number of Topliss-reactive ketones (excluding diaryl/α,β-unsaturated/α-hetero) is 1. The largest absolute Gasteiger partial charge is 0.507 e. The number of alkyl halides is 1. The minimum Gasteiger partial charge on any atom is -0.507 e. The molecule has 0 saturated carbocycles. The fourth-order valence-electron chi connectivity index (χ4n) is 1.72. The van der Waals surface area contributed by atoms with E-state index in [0.717, 1.165) is 35.7 Å². The normalized spacial score (nSPS) is 10.5. The number of aryl methyl sites for hydroxylation is 2. The smallest absolute Gasteiger partial charge is 0.166 e. The van der Waals surface area contributed by atoms with Gasteiger partial charge in [0.2, 0.25) is 0 Å². The van der Waals surface area contributed by atoms with Crippen molar-refractivity contribution in [2.45, 2.75) is 39.5 Å². The first-order valence-corrected chi connectivity index (χ1v) is 7.07. The second kappa shape index (κ2) is 6.80. The van der Waals surface area contributed by atoms with Crippen molar-refractivity contribution in [3.05, 3.63) is 28.8 Å². The second-order valence-corrected chi connectivity index (χ2v) is 5.17. The van der Waals surface area contributed by atoms with Crippen molar-refractivity contribution < 1.29 is 9.90 Å². The molecule has 0 saturated heterocycles. The van der Waals surface area contributed by atoms with Gasteiger partial charge in [0.1, 0.15) is 5.75 Å². The molecule has 94 valence electrons. The molecular formula is C14H19BrO2. The molecule has 2 nitrogen and oxygen atoms in total. The van der Waals surface area contributed by atoms with Gasteiger partial charge in [0, 0.05) is 11.8 Å². The molecule has 3 heteroatoms. The first-order valence-electron chi connectivity index (χ1n) is 5.95. The molecule has 0 radical (unpaired) electrons. The number of halogens is 1. The highest BCUT2D eigenvalue weighted by molar-refractivity contribution is 9.09. The maximum absolute atomic E-state index is 11.9. The van der Waals surface area contributed by atoms with E-state index in [4.69, 9.17) is 0 Å². The SMILES string of the molecule is Cc1cc(O)c(C(=O)CCCCCBr)cc1C. The third kappa shape index (κ3) is 4.15. The average Bonchev–Trinajstić information content (AvgIpc) is 2.29. The highest BCUT2D eigenvalue weighted by Crippen LogP contribution is 2.23. The Hall–Kier alpha value is -0.830. The highest BCUT2D eigenvalue weighted by Gasteiger charge is 2.12. The second-order valence-electron chi connectivity index (χ2n) is 4.38. The fraction of sp³-hybridized carbons (Fsp3) is 0.500.